The first kappa shape index (κ1) is 28.0. The highest BCUT2D eigenvalue weighted by molar-refractivity contribution is 7.91. The Morgan fingerprint density at radius 3 is 2.42 bits per heavy atom. The summed E-state index contributed by atoms with van der Waals surface area (Å²) >= 11 is 0. The first-order chi connectivity index (χ1) is 17.8. The van der Waals surface area contributed by atoms with Gasteiger partial charge in [0.2, 0.25) is 5.91 Å². The quantitative estimate of drug-likeness (QED) is 0.481. The summed E-state index contributed by atoms with van der Waals surface area (Å²) in [7, 11) is -3.80. The van der Waals surface area contributed by atoms with Crippen molar-refractivity contribution in [3.05, 3.63) is 65.0 Å². The van der Waals surface area contributed by atoms with Crippen molar-refractivity contribution in [3.8, 4) is 0 Å². The number of carbonyl (C=O) groups is 2. The predicted molar refractivity (Wildman–Crippen MR) is 129 cm³/mol. The number of rotatable bonds is 8. The molecule has 206 valence electrons. The Labute approximate surface area is 217 Å². The van der Waals surface area contributed by atoms with E-state index in [1.807, 2.05) is 0 Å². The van der Waals surface area contributed by atoms with E-state index in [1.54, 1.807) is 6.92 Å². The van der Waals surface area contributed by atoms with Crippen molar-refractivity contribution in [1.29, 1.82) is 0 Å². The smallest absolute Gasteiger partial charge is 0.395 e. The number of nitrogens with one attached hydrogen (secondary N) is 1. The van der Waals surface area contributed by atoms with Crippen LogP contribution in [0.15, 0.2) is 47.4 Å². The number of aliphatic hydroxyl groups is 1. The van der Waals surface area contributed by atoms with Crippen LogP contribution in [0, 0.1) is 11.7 Å². The fraction of sp³-hybridized carbons (Fsp3) is 0.462. The number of hydrogen-bond acceptors (Lipinski definition) is 5. The minimum absolute atomic E-state index is 0.0421. The minimum Gasteiger partial charge on any atom is -0.395 e. The van der Waals surface area contributed by atoms with E-state index < -0.39 is 63.7 Å². The molecular weight excluding hydrogens is 528 g/mol. The third-order valence-electron chi connectivity index (χ3n) is 7.06. The molecule has 3 atom stereocenters. The zero-order valence-electron chi connectivity index (χ0n) is 20.5. The van der Waals surface area contributed by atoms with Crippen molar-refractivity contribution in [1.82, 2.24) is 10.2 Å². The van der Waals surface area contributed by atoms with E-state index in [-0.39, 0.29) is 28.0 Å². The normalized spacial score (nSPS) is 20.8. The van der Waals surface area contributed by atoms with E-state index in [1.165, 1.54) is 29.2 Å². The molecule has 1 saturated carbocycles. The fourth-order valence-electron chi connectivity index (χ4n) is 4.88. The third kappa shape index (κ3) is 5.85. The second-order valence-electron chi connectivity index (χ2n) is 9.78. The zero-order valence-corrected chi connectivity index (χ0v) is 21.4. The van der Waals surface area contributed by atoms with Crippen molar-refractivity contribution < 1.29 is 40.7 Å². The van der Waals surface area contributed by atoms with Gasteiger partial charge in [0, 0.05) is 17.2 Å². The molecule has 1 aliphatic carbocycles. The fourth-order valence-corrected chi connectivity index (χ4v) is 5.95. The van der Waals surface area contributed by atoms with E-state index in [2.05, 4.69) is 5.32 Å². The van der Waals surface area contributed by atoms with Crippen molar-refractivity contribution in [2.45, 2.75) is 61.8 Å². The van der Waals surface area contributed by atoms with Gasteiger partial charge in [-0.3, -0.25) is 9.59 Å². The Balaban J connectivity index is 1.57. The minimum atomic E-state index is -4.70. The Bertz CT molecular complexity index is 1330. The molecule has 4 rings (SSSR count). The molecule has 2 amide bonds. The third-order valence-corrected chi connectivity index (χ3v) is 8.75. The summed E-state index contributed by atoms with van der Waals surface area (Å²) in [6.45, 7) is 1.18. The van der Waals surface area contributed by atoms with E-state index in [9.17, 15) is 35.6 Å². The van der Waals surface area contributed by atoms with Crippen molar-refractivity contribution in [3.63, 3.8) is 0 Å². The van der Waals surface area contributed by atoms with Crippen LogP contribution in [0.2, 0.25) is 0 Å². The van der Waals surface area contributed by atoms with Gasteiger partial charge in [-0.2, -0.15) is 13.2 Å². The summed E-state index contributed by atoms with van der Waals surface area (Å²) in [5, 5.41) is 11.8. The maximum atomic E-state index is 14.7. The summed E-state index contributed by atoms with van der Waals surface area (Å²) < 4.78 is 78.4. The van der Waals surface area contributed by atoms with Gasteiger partial charge in [0.15, 0.2) is 9.84 Å². The van der Waals surface area contributed by atoms with E-state index in [4.69, 9.17) is 5.11 Å². The number of benzene rings is 2. The summed E-state index contributed by atoms with van der Waals surface area (Å²) in [5.41, 5.74) is -1.10. The molecule has 0 radical (unpaired) electrons. The Morgan fingerprint density at radius 1 is 1.11 bits per heavy atom. The van der Waals surface area contributed by atoms with Crippen LogP contribution in [-0.2, 0) is 20.8 Å². The SMILES string of the molecule is C[C@@H]1CC[C@H](C(=O)N[C@@H](c2ccc(C(F)(F)F)cc2F)C2CC2)N1C(=O)c1cccc(S(=O)(=O)CCO)c1. The molecule has 0 spiro atoms. The van der Waals surface area contributed by atoms with Gasteiger partial charge >= 0.3 is 6.18 Å². The second-order valence-corrected chi connectivity index (χ2v) is 11.9. The van der Waals surface area contributed by atoms with Gasteiger partial charge in [0.1, 0.15) is 11.9 Å². The summed E-state index contributed by atoms with van der Waals surface area (Å²) in [6, 6.07) is 5.50. The number of likely N-dealkylation sites (tertiary alicyclic amines) is 1. The van der Waals surface area contributed by atoms with E-state index >= 15 is 0 Å². The lowest BCUT2D eigenvalue weighted by molar-refractivity contribution is -0.137. The van der Waals surface area contributed by atoms with Crippen LogP contribution in [0.4, 0.5) is 17.6 Å². The molecule has 2 N–H and O–H groups in total. The molecule has 0 bridgehead atoms. The molecule has 2 aromatic carbocycles. The van der Waals surface area contributed by atoms with Crippen LogP contribution < -0.4 is 5.32 Å². The van der Waals surface area contributed by atoms with Gasteiger partial charge < -0.3 is 15.3 Å². The number of carbonyl (C=O) groups excluding carboxylic acids is 2. The van der Waals surface area contributed by atoms with Crippen molar-refractivity contribution >= 4 is 21.7 Å². The van der Waals surface area contributed by atoms with Gasteiger partial charge in [-0.15, -0.1) is 0 Å². The molecule has 0 unspecified atom stereocenters. The topological polar surface area (TPSA) is 104 Å². The molecule has 1 heterocycles. The summed E-state index contributed by atoms with van der Waals surface area (Å²) in [5.74, 6) is -2.81. The van der Waals surface area contributed by atoms with Gasteiger partial charge in [0.05, 0.1) is 28.9 Å². The number of amides is 2. The molecule has 1 saturated heterocycles. The molecule has 2 fully saturated rings. The standard InChI is InChI=1S/C26H28F4N2O5S/c1-15-5-10-22(32(15)25(35)17-3-2-4-19(13-17)38(36,37)12-11-33)24(34)31-23(16-6-7-16)20-9-8-18(14-21(20)27)26(28,29)30/h2-4,8-9,13-16,22-23,33H,5-7,10-12H2,1H3,(H,31,34)/t15-,22-,23-/m1/s1. The highest BCUT2D eigenvalue weighted by Crippen LogP contribution is 2.43. The molecule has 2 aliphatic rings. The van der Waals surface area contributed by atoms with Crippen LogP contribution in [0.3, 0.4) is 0 Å². The molecule has 1 aliphatic heterocycles. The lowest BCUT2D eigenvalue weighted by Crippen LogP contribution is -2.49. The summed E-state index contributed by atoms with van der Waals surface area (Å²) in [6.07, 6.45) is -2.55. The number of nitrogens with zero attached hydrogens (tertiary/aromatic N) is 1. The highest BCUT2D eigenvalue weighted by atomic mass is 32.2. The van der Waals surface area contributed by atoms with Gasteiger partial charge in [0.25, 0.3) is 5.91 Å². The number of halogens is 4. The number of hydrogen-bond donors (Lipinski definition) is 2. The predicted octanol–water partition coefficient (Wildman–Crippen LogP) is 3.87. The lowest BCUT2D eigenvalue weighted by atomic mass is 9.99. The van der Waals surface area contributed by atoms with Crippen molar-refractivity contribution in [2.75, 3.05) is 12.4 Å². The van der Waals surface area contributed by atoms with Crippen LogP contribution in [0.25, 0.3) is 0 Å². The molecule has 2 aromatic rings. The summed E-state index contributed by atoms with van der Waals surface area (Å²) in [4.78, 5) is 28.0. The first-order valence-electron chi connectivity index (χ1n) is 12.3. The van der Waals surface area contributed by atoms with Gasteiger partial charge in [-0.1, -0.05) is 12.1 Å². The molecule has 0 aromatic heterocycles. The van der Waals surface area contributed by atoms with E-state index in [0.717, 1.165) is 12.1 Å². The first-order valence-corrected chi connectivity index (χ1v) is 13.9. The van der Waals surface area contributed by atoms with Crippen LogP contribution in [0.1, 0.15) is 60.1 Å². The lowest BCUT2D eigenvalue weighted by Gasteiger charge is -2.30. The zero-order chi connectivity index (χ0) is 27.8. The molecular formula is C26H28F4N2O5S. The Hall–Kier alpha value is -2.99. The largest absolute Gasteiger partial charge is 0.416 e. The van der Waals surface area contributed by atoms with Crippen molar-refractivity contribution in [2.24, 2.45) is 5.92 Å². The average Bonchev–Trinajstić information content (AvgIpc) is 3.62. The monoisotopic (exact) mass is 556 g/mol. The average molecular weight is 557 g/mol. The molecule has 12 heteroatoms. The Kier molecular flexibility index (Phi) is 7.85. The maximum Gasteiger partial charge on any atom is 0.416 e. The maximum absolute atomic E-state index is 14.7. The van der Waals surface area contributed by atoms with Crippen LogP contribution in [-0.4, -0.2) is 54.7 Å². The van der Waals surface area contributed by atoms with E-state index in [0.29, 0.717) is 31.7 Å². The Morgan fingerprint density at radius 2 is 1.82 bits per heavy atom. The number of aliphatic hydroxyl groups excluding tert-OH is 1. The van der Waals surface area contributed by atoms with Gasteiger partial charge in [-0.25, -0.2) is 12.8 Å². The number of alkyl halides is 3. The highest BCUT2D eigenvalue weighted by Gasteiger charge is 2.42. The molecule has 7 nitrogen and oxygen atoms in total. The molecule has 38 heavy (non-hydrogen) atoms. The number of sulfone groups is 1. The van der Waals surface area contributed by atoms with Crippen LogP contribution >= 0.6 is 0 Å². The van der Waals surface area contributed by atoms with Gasteiger partial charge in [-0.05, 0) is 68.9 Å². The second kappa shape index (κ2) is 10.6. The van der Waals surface area contributed by atoms with Crippen LogP contribution in [0.5, 0.6) is 0 Å².